The predicted molar refractivity (Wildman–Crippen MR) is 53.5 cm³/mol. The third kappa shape index (κ3) is 1.40. The number of aromatic nitrogens is 1. The molecule has 12 heavy (non-hydrogen) atoms. The highest BCUT2D eigenvalue weighted by atomic mass is 35.7. The lowest BCUT2D eigenvalue weighted by atomic mass is 10.2. The standard InChI is InChI=1S/C9H6ClNS/c10-12-8-5-7-3-1-2-4-9(7)11-6-8/h1-6H. The molecular formula is C9H6ClNS. The molecule has 0 aliphatic carbocycles. The van der Waals surface area contributed by atoms with Crippen LogP contribution < -0.4 is 0 Å². The van der Waals surface area contributed by atoms with Crippen LogP contribution in [-0.2, 0) is 0 Å². The minimum atomic E-state index is 0.982. The molecule has 0 fully saturated rings. The Labute approximate surface area is 79.3 Å². The zero-order valence-electron chi connectivity index (χ0n) is 6.20. The first-order valence-corrected chi connectivity index (χ1v) is 5.18. The molecule has 1 aromatic heterocycles. The lowest BCUT2D eigenvalue weighted by Crippen LogP contribution is -1.77. The minimum absolute atomic E-state index is 0.982. The number of rotatable bonds is 1. The van der Waals surface area contributed by atoms with Gasteiger partial charge in [0.25, 0.3) is 0 Å². The highest BCUT2D eigenvalue weighted by Crippen LogP contribution is 2.23. The van der Waals surface area contributed by atoms with E-state index in [0.717, 1.165) is 15.8 Å². The average molecular weight is 196 g/mol. The quantitative estimate of drug-likeness (QED) is 0.691. The second-order valence-electron chi connectivity index (χ2n) is 2.44. The molecule has 0 aliphatic rings. The number of hydrogen-bond acceptors (Lipinski definition) is 2. The van der Waals surface area contributed by atoms with Crippen LogP contribution in [0, 0.1) is 0 Å². The summed E-state index contributed by atoms with van der Waals surface area (Å²) < 4.78 is 0. The van der Waals surface area contributed by atoms with Crippen molar-refractivity contribution in [1.82, 2.24) is 4.98 Å². The smallest absolute Gasteiger partial charge is 0.0702 e. The number of para-hydroxylation sites is 1. The van der Waals surface area contributed by atoms with Crippen molar-refractivity contribution in [3.63, 3.8) is 0 Å². The van der Waals surface area contributed by atoms with Gasteiger partial charge in [0.2, 0.25) is 0 Å². The van der Waals surface area contributed by atoms with Gasteiger partial charge in [0, 0.05) is 16.5 Å². The van der Waals surface area contributed by atoms with Gasteiger partial charge in [-0.25, -0.2) is 0 Å². The molecule has 0 radical (unpaired) electrons. The molecule has 0 spiro atoms. The highest BCUT2D eigenvalue weighted by Gasteiger charge is 1.95. The number of pyridine rings is 1. The van der Waals surface area contributed by atoms with Gasteiger partial charge in [-0.05, 0) is 33.8 Å². The topological polar surface area (TPSA) is 12.9 Å². The monoisotopic (exact) mass is 195 g/mol. The first-order chi connectivity index (χ1) is 5.90. The Bertz CT molecular complexity index is 402. The average Bonchev–Trinajstić information content (AvgIpc) is 2.17. The van der Waals surface area contributed by atoms with E-state index < -0.39 is 0 Å². The third-order valence-corrected chi connectivity index (χ3v) is 2.59. The molecule has 2 aromatic rings. The largest absolute Gasteiger partial charge is 0.255 e. The van der Waals surface area contributed by atoms with Crippen LogP contribution in [0.15, 0.2) is 41.4 Å². The van der Waals surface area contributed by atoms with E-state index >= 15 is 0 Å². The minimum Gasteiger partial charge on any atom is -0.255 e. The van der Waals surface area contributed by atoms with Crippen LogP contribution in [0.1, 0.15) is 0 Å². The van der Waals surface area contributed by atoms with Crippen molar-refractivity contribution in [2.45, 2.75) is 4.90 Å². The maximum Gasteiger partial charge on any atom is 0.0702 e. The van der Waals surface area contributed by atoms with Crippen molar-refractivity contribution >= 4 is 32.6 Å². The molecule has 0 bridgehead atoms. The van der Waals surface area contributed by atoms with E-state index in [1.807, 2.05) is 30.3 Å². The van der Waals surface area contributed by atoms with Crippen molar-refractivity contribution in [3.05, 3.63) is 36.5 Å². The summed E-state index contributed by atoms with van der Waals surface area (Å²) in [4.78, 5) is 5.23. The predicted octanol–water partition coefficient (Wildman–Crippen LogP) is 3.48. The molecule has 0 atom stereocenters. The number of fused-ring (bicyclic) bond motifs is 1. The Balaban J connectivity index is 2.67. The normalized spacial score (nSPS) is 10.4. The molecule has 2 rings (SSSR count). The van der Waals surface area contributed by atoms with Gasteiger partial charge in [0.1, 0.15) is 0 Å². The van der Waals surface area contributed by atoms with E-state index in [0.29, 0.717) is 0 Å². The Morgan fingerprint density at radius 2 is 2.08 bits per heavy atom. The van der Waals surface area contributed by atoms with Crippen LogP contribution in [0.4, 0.5) is 0 Å². The Morgan fingerprint density at radius 1 is 1.25 bits per heavy atom. The van der Waals surface area contributed by atoms with Crippen LogP contribution in [0.5, 0.6) is 0 Å². The van der Waals surface area contributed by atoms with Gasteiger partial charge in [0.05, 0.1) is 5.52 Å². The van der Waals surface area contributed by atoms with Crippen LogP contribution in [-0.4, -0.2) is 4.98 Å². The zero-order chi connectivity index (χ0) is 8.39. The molecule has 60 valence electrons. The van der Waals surface area contributed by atoms with E-state index in [-0.39, 0.29) is 0 Å². The molecule has 0 saturated carbocycles. The van der Waals surface area contributed by atoms with Crippen molar-refractivity contribution in [1.29, 1.82) is 0 Å². The molecule has 1 heterocycles. The maximum atomic E-state index is 5.60. The molecule has 3 heteroatoms. The molecule has 0 saturated heterocycles. The Hall–Kier alpha value is -0.730. The van der Waals surface area contributed by atoms with Crippen molar-refractivity contribution in [3.8, 4) is 0 Å². The van der Waals surface area contributed by atoms with Crippen molar-refractivity contribution in [2.24, 2.45) is 0 Å². The first-order valence-electron chi connectivity index (χ1n) is 3.53. The third-order valence-electron chi connectivity index (χ3n) is 1.65. The summed E-state index contributed by atoms with van der Waals surface area (Å²) in [7, 11) is 6.80. The fourth-order valence-corrected chi connectivity index (χ4v) is 1.61. The Morgan fingerprint density at radius 3 is 2.92 bits per heavy atom. The Kier molecular flexibility index (Phi) is 2.19. The molecule has 0 amide bonds. The van der Waals surface area contributed by atoms with Gasteiger partial charge in [-0.15, -0.1) is 0 Å². The van der Waals surface area contributed by atoms with E-state index in [4.69, 9.17) is 10.7 Å². The van der Waals surface area contributed by atoms with Crippen LogP contribution >= 0.6 is 21.7 Å². The van der Waals surface area contributed by atoms with Gasteiger partial charge < -0.3 is 0 Å². The number of halogens is 1. The maximum absolute atomic E-state index is 5.60. The lowest BCUT2D eigenvalue weighted by Gasteiger charge is -1.97. The number of nitrogens with zero attached hydrogens (tertiary/aromatic N) is 1. The van der Waals surface area contributed by atoms with Crippen molar-refractivity contribution < 1.29 is 0 Å². The summed E-state index contributed by atoms with van der Waals surface area (Å²) in [6, 6.07) is 10.0. The number of hydrogen-bond donors (Lipinski definition) is 0. The van der Waals surface area contributed by atoms with E-state index in [9.17, 15) is 0 Å². The van der Waals surface area contributed by atoms with E-state index in [1.54, 1.807) is 6.20 Å². The SMILES string of the molecule is ClSc1cnc2ccccc2c1. The summed E-state index contributed by atoms with van der Waals surface area (Å²) in [5, 5.41) is 1.13. The lowest BCUT2D eigenvalue weighted by molar-refractivity contribution is 1.31. The first kappa shape index (κ1) is 7.90. The van der Waals surface area contributed by atoms with Crippen LogP contribution in [0.25, 0.3) is 10.9 Å². The fourth-order valence-electron chi connectivity index (χ4n) is 1.09. The van der Waals surface area contributed by atoms with Gasteiger partial charge in [-0.2, -0.15) is 0 Å². The summed E-state index contributed by atoms with van der Waals surface area (Å²) in [5.74, 6) is 0. The fraction of sp³-hybridized carbons (Fsp3) is 0. The second kappa shape index (κ2) is 3.33. The summed E-state index contributed by atoms with van der Waals surface area (Å²) >= 11 is 0. The summed E-state index contributed by atoms with van der Waals surface area (Å²) in [6.07, 6.45) is 1.78. The molecule has 1 nitrogen and oxygen atoms in total. The van der Waals surface area contributed by atoms with Crippen LogP contribution in [0.2, 0.25) is 0 Å². The van der Waals surface area contributed by atoms with Gasteiger partial charge >= 0.3 is 0 Å². The second-order valence-corrected chi connectivity index (χ2v) is 3.53. The summed E-state index contributed by atoms with van der Waals surface area (Å²) in [5.41, 5.74) is 1.01. The molecule has 0 N–H and O–H groups in total. The van der Waals surface area contributed by atoms with Crippen LogP contribution in [0.3, 0.4) is 0 Å². The van der Waals surface area contributed by atoms with Gasteiger partial charge in [-0.3, -0.25) is 4.98 Å². The molecular weight excluding hydrogens is 190 g/mol. The zero-order valence-corrected chi connectivity index (χ0v) is 7.77. The van der Waals surface area contributed by atoms with E-state index in [2.05, 4.69) is 4.98 Å². The van der Waals surface area contributed by atoms with E-state index in [1.165, 1.54) is 11.0 Å². The van der Waals surface area contributed by atoms with Gasteiger partial charge in [0.15, 0.2) is 0 Å². The van der Waals surface area contributed by atoms with Crippen molar-refractivity contribution in [2.75, 3.05) is 0 Å². The number of benzene rings is 1. The van der Waals surface area contributed by atoms with Gasteiger partial charge in [-0.1, -0.05) is 18.2 Å². The molecule has 0 unspecified atom stereocenters. The highest BCUT2D eigenvalue weighted by molar-refractivity contribution is 8.21. The molecule has 0 aliphatic heterocycles. The molecule has 1 aromatic carbocycles. The summed E-state index contributed by atoms with van der Waals surface area (Å²) in [6.45, 7) is 0.